The molecular weight excluding hydrogens is 1140 g/mol. The SMILES string of the molecule is COC1OC(CO)C(OC2OC(CO)C(C)C(O)C2O)C(O)C1O.COC1OC(COP(=O)(Oc2ccccc2)Oc2ccccc2)C(OC2OC(CO)C(C)C(O)C2O)C(O)C1O.O=P(Cl)(Oc1ccccc1)Oc1ccccc1. The number of rotatable bonds is 20. The summed E-state index contributed by atoms with van der Waals surface area (Å²) < 4.78 is 96.1. The molecule has 0 spiro atoms. The number of para-hydroxylation sites is 4. The van der Waals surface area contributed by atoms with E-state index < -0.39 is 164 Å². The van der Waals surface area contributed by atoms with E-state index in [2.05, 4.69) is 0 Å². The fourth-order valence-electron chi connectivity index (χ4n) is 8.60. The van der Waals surface area contributed by atoms with Crippen LogP contribution in [-0.2, 0) is 51.5 Å². The van der Waals surface area contributed by atoms with Crippen LogP contribution in [0.4, 0.5) is 0 Å². The van der Waals surface area contributed by atoms with E-state index in [0.717, 1.165) is 0 Å². The number of ether oxygens (including phenoxy) is 8. The molecule has 4 aromatic carbocycles. The second-order valence-corrected chi connectivity index (χ2v) is 22.8. The fourth-order valence-corrected chi connectivity index (χ4v) is 11.1. The van der Waals surface area contributed by atoms with Gasteiger partial charge in [-0.25, -0.2) is 9.13 Å². The Morgan fingerprint density at radius 1 is 0.420 bits per heavy atom. The Labute approximate surface area is 471 Å². The zero-order chi connectivity index (χ0) is 59.0. The lowest BCUT2D eigenvalue weighted by Gasteiger charge is -2.46. The maximum Gasteiger partial charge on any atom is 0.587 e. The van der Waals surface area contributed by atoms with Gasteiger partial charge in [-0.2, -0.15) is 0 Å². The van der Waals surface area contributed by atoms with E-state index in [1.807, 2.05) is 12.1 Å². The molecule has 0 aliphatic carbocycles. The smallest absolute Gasteiger partial charge is 0.405 e. The van der Waals surface area contributed by atoms with Crippen LogP contribution in [0.15, 0.2) is 121 Å². The lowest BCUT2D eigenvalue weighted by molar-refractivity contribution is -0.353. The molecule has 8 rings (SSSR count). The quantitative estimate of drug-likeness (QED) is 0.0562. The molecular formula is C52H71ClO26P2. The molecule has 0 aromatic heterocycles. The Morgan fingerprint density at radius 3 is 1.05 bits per heavy atom. The third kappa shape index (κ3) is 18.0. The molecule has 452 valence electrons. The molecule has 4 fully saturated rings. The zero-order valence-electron chi connectivity index (χ0n) is 44.2. The summed E-state index contributed by atoms with van der Waals surface area (Å²) in [4.78, 5) is 0. The average Bonchev–Trinajstić information content (AvgIpc) is 3.53. The number of methoxy groups -OCH3 is 2. The lowest BCUT2D eigenvalue weighted by atomic mass is 9.91. The predicted molar refractivity (Wildman–Crippen MR) is 281 cm³/mol. The van der Waals surface area contributed by atoms with Crippen LogP contribution in [0.2, 0.25) is 0 Å². The van der Waals surface area contributed by atoms with Crippen molar-refractivity contribution in [2.45, 2.75) is 124 Å². The molecule has 81 heavy (non-hydrogen) atoms. The molecule has 4 aliphatic heterocycles. The molecule has 11 N–H and O–H groups in total. The first kappa shape index (κ1) is 66.2. The van der Waals surface area contributed by atoms with Crippen molar-refractivity contribution in [1.82, 2.24) is 0 Å². The summed E-state index contributed by atoms with van der Waals surface area (Å²) in [5, 5.41) is 111. The monoisotopic (exact) mass is 1210 g/mol. The Balaban J connectivity index is 0.000000217. The number of hydrogen-bond donors (Lipinski definition) is 11. The van der Waals surface area contributed by atoms with Gasteiger partial charge in [-0.1, -0.05) is 86.6 Å². The Bertz CT molecular complexity index is 2420. The largest absolute Gasteiger partial charge is 0.587 e. The maximum absolute atomic E-state index is 13.8. The van der Waals surface area contributed by atoms with E-state index in [9.17, 15) is 65.3 Å². The van der Waals surface area contributed by atoms with Gasteiger partial charge in [0, 0.05) is 37.3 Å². The highest BCUT2D eigenvalue weighted by Gasteiger charge is 2.52. The van der Waals surface area contributed by atoms with E-state index in [4.69, 9.17) is 71.8 Å². The van der Waals surface area contributed by atoms with Crippen LogP contribution in [0, 0.1) is 11.8 Å². The minimum atomic E-state index is -4.38. The van der Waals surface area contributed by atoms with Gasteiger partial charge in [0.05, 0.1) is 50.8 Å². The number of benzene rings is 4. The number of phosphoric ester groups is 1. The second-order valence-electron chi connectivity index (χ2n) is 18.8. The Hall–Kier alpha value is -3.97. The van der Waals surface area contributed by atoms with E-state index in [-0.39, 0.29) is 11.5 Å². The van der Waals surface area contributed by atoms with Crippen molar-refractivity contribution >= 4 is 26.0 Å². The van der Waals surface area contributed by atoms with E-state index in [1.165, 1.54) is 14.2 Å². The molecule has 20 unspecified atom stereocenters. The van der Waals surface area contributed by atoms with Crippen LogP contribution in [0.5, 0.6) is 23.0 Å². The van der Waals surface area contributed by atoms with E-state index in [1.54, 1.807) is 123 Å². The van der Waals surface area contributed by atoms with Crippen molar-refractivity contribution in [1.29, 1.82) is 0 Å². The first-order valence-corrected chi connectivity index (χ1v) is 29.4. The highest BCUT2D eigenvalue weighted by Crippen LogP contribution is 2.53. The van der Waals surface area contributed by atoms with Crippen LogP contribution in [-0.4, -0.2) is 207 Å². The minimum absolute atomic E-state index is 0.196. The molecule has 20 atom stereocenters. The topological polar surface area (TPSA) is 377 Å². The van der Waals surface area contributed by atoms with E-state index in [0.29, 0.717) is 11.5 Å². The summed E-state index contributed by atoms with van der Waals surface area (Å²) in [6.45, 7) is -2.44. The van der Waals surface area contributed by atoms with Crippen molar-refractivity contribution in [2.24, 2.45) is 11.8 Å². The fraction of sp³-hybridized carbons (Fsp3) is 0.538. The number of hydrogen-bond acceptors (Lipinski definition) is 26. The molecule has 29 heteroatoms. The molecule has 0 saturated carbocycles. The lowest BCUT2D eigenvalue weighted by Crippen LogP contribution is -2.63. The van der Waals surface area contributed by atoms with Gasteiger partial charge < -0.3 is 112 Å². The highest BCUT2D eigenvalue weighted by molar-refractivity contribution is 7.82. The van der Waals surface area contributed by atoms with Gasteiger partial charge in [0.15, 0.2) is 25.2 Å². The van der Waals surface area contributed by atoms with Crippen molar-refractivity contribution < 1.29 is 126 Å². The summed E-state index contributed by atoms with van der Waals surface area (Å²) in [5.41, 5.74) is 0. The van der Waals surface area contributed by atoms with E-state index >= 15 is 0 Å². The summed E-state index contributed by atoms with van der Waals surface area (Å²) in [6.07, 6.45) is -23.7. The minimum Gasteiger partial charge on any atom is -0.405 e. The molecule has 4 aliphatic rings. The molecule has 4 heterocycles. The summed E-state index contributed by atoms with van der Waals surface area (Å²) in [7, 11) is -1.86. The maximum atomic E-state index is 13.8. The molecule has 4 saturated heterocycles. The Kier molecular flexibility index (Phi) is 25.5. The first-order chi connectivity index (χ1) is 38.7. The van der Waals surface area contributed by atoms with Gasteiger partial charge in [-0.3, -0.25) is 4.52 Å². The van der Waals surface area contributed by atoms with Crippen LogP contribution in [0.1, 0.15) is 13.8 Å². The van der Waals surface area contributed by atoms with Gasteiger partial charge in [0.2, 0.25) is 0 Å². The normalized spacial score (nSPS) is 34.3. The number of aliphatic hydroxyl groups is 11. The van der Waals surface area contributed by atoms with Crippen LogP contribution >= 0.6 is 26.0 Å². The average molecular weight is 1210 g/mol. The van der Waals surface area contributed by atoms with Gasteiger partial charge >= 0.3 is 14.8 Å². The molecule has 0 bridgehead atoms. The molecule has 4 aromatic rings. The Morgan fingerprint density at radius 2 is 0.716 bits per heavy atom. The van der Waals surface area contributed by atoms with Gasteiger partial charge in [0.1, 0.15) is 84.0 Å². The van der Waals surface area contributed by atoms with Crippen LogP contribution in [0.25, 0.3) is 0 Å². The molecule has 26 nitrogen and oxygen atoms in total. The number of phosphoric acid groups is 1. The molecule has 0 radical (unpaired) electrons. The highest BCUT2D eigenvalue weighted by atomic mass is 35.7. The van der Waals surface area contributed by atoms with Gasteiger partial charge in [-0.15, -0.1) is 0 Å². The number of aliphatic hydroxyl groups excluding tert-OH is 11. The summed E-state index contributed by atoms with van der Waals surface area (Å²) in [6, 6.07) is 33.7. The van der Waals surface area contributed by atoms with Gasteiger partial charge in [-0.05, 0) is 48.5 Å². The van der Waals surface area contributed by atoms with Crippen molar-refractivity contribution in [2.75, 3.05) is 40.6 Å². The second kappa shape index (κ2) is 31.3. The molecule has 0 amide bonds. The summed E-state index contributed by atoms with van der Waals surface area (Å²) in [5.74, 6) is 0.0478. The third-order valence-corrected chi connectivity index (χ3v) is 15.8. The van der Waals surface area contributed by atoms with Crippen LogP contribution < -0.4 is 18.1 Å². The van der Waals surface area contributed by atoms with Crippen molar-refractivity contribution in [3.63, 3.8) is 0 Å². The zero-order valence-corrected chi connectivity index (χ0v) is 46.8. The standard InChI is InChI=1S/C26H35O13P.C14H26O10.C12H10ClO3P/c1-15-18(13-27)35-26(22(30)20(15)28)37-24-19(36-25(33-2)23(31)21(24)29)14-34-40(32,38-16-9-5-3-6-10-16)39-17-11-7-4-8-12-17;1-5-6(3-15)22-14(10(19)8(5)17)24-12-7(4-16)23-13(21-2)11(20)9(12)18;13-17(14,15-11-7-3-1-4-8-11)16-12-9-5-2-6-10-12/h3-12,15,18-31H,13-14H2,1-2H3;5-20H,3-4H2,1-2H3;1-10H. The van der Waals surface area contributed by atoms with Crippen molar-refractivity contribution in [3.05, 3.63) is 121 Å². The van der Waals surface area contributed by atoms with Gasteiger partial charge in [0.25, 0.3) is 0 Å². The third-order valence-electron chi connectivity index (χ3n) is 13.2. The number of halogens is 1. The summed E-state index contributed by atoms with van der Waals surface area (Å²) >= 11 is 5.72. The first-order valence-electron chi connectivity index (χ1n) is 25.4. The van der Waals surface area contributed by atoms with Crippen molar-refractivity contribution in [3.8, 4) is 23.0 Å². The van der Waals surface area contributed by atoms with Crippen LogP contribution in [0.3, 0.4) is 0 Å². The predicted octanol–water partition coefficient (Wildman–Crippen LogP) is 1.85.